The van der Waals surface area contributed by atoms with Crippen LogP contribution >= 0.6 is 27.5 Å². The number of nitrogens with zero attached hydrogens (tertiary/aromatic N) is 1. The molecule has 0 unspecified atom stereocenters. The number of hydrogen-bond acceptors (Lipinski definition) is 2. The fraction of sp³-hybridized carbons (Fsp3) is 1.00. The highest BCUT2D eigenvalue weighted by atomic mass is 79.9. The van der Waals surface area contributed by atoms with E-state index in [1.54, 1.807) is 0 Å². The highest BCUT2D eigenvalue weighted by Crippen LogP contribution is 2.02. The number of hydrogen-bond donors (Lipinski definition) is 0. The Kier molecular flexibility index (Phi) is 2.43. The van der Waals surface area contributed by atoms with Crippen molar-refractivity contribution in [1.29, 1.82) is 0 Å². The molecule has 0 aliphatic rings. The number of rotatable bonds is 1. The Morgan fingerprint density at radius 3 is 2.17 bits per heavy atom. The molecule has 0 spiro atoms. The molecule has 0 saturated heterocycles. The SMILES string of the molecule is O=[N+]([O-])[C@@H](Cl)Br. The van der Waals surface area contributed by atoms with Crippen molar-refractivity contribution in [2.24, 2.45) is 0 Å². The van der Waals surface area contributed by atoms with Crippen molar-refractivity contribution in [3.05, 3.63) is 10.1 Å². The van der Waals surface area contributed by atoms with Gasteiger partial charge in [-0.25, -0.2) is 0 Å². The molecule has 6 heavy (non-hydrogen) atoms. The Balaban J connectivity index is 3.26. The fourth-order valence-corrected chi connectivity index (χ4v) is 0. The minimum atomic E-state index is -1.14. The van der Waals surface area contributed by atoms with Crippen LogP contribution in [0.2, 0.25) is 0 Å². The highest BCUT2D eigenvalue weighted by Gasteiger charge is 2.05. The predicted octanol–water partition coefficient (Wildman–Crippen LogP) is 1.18. The first-order valence-corrected chi connectivity index (χ1v) is 2.41. The summed E-state index contributed by atoms with van der Waals surface area (Å²) in [5.41, 5.74) is 0. The molecule has 3 nitrogen and oxygen atoms in total. The molecule has 0 saturated carbocycles. The van der Waals surface area contributed by atoms with Gasteiger partial charge in [-0.1, -0.05) is 0 Å². The zero-order valence-electron chi connectivity index (χ0n) is 2.60. The van der Waals surface area contributed by atoms with Crippen LogP contribution in [0, 0.1) is 10.1 Å². The lowest BCUT2D eigenvalue weighted by Gasteiger charge is -1.83. The Labute approximate surface area is 47.6 Å². The summed E-state index contributed by atoms with van der Waals surface area (Å²) >= 11 is 7.34. The number of nitro groups is 1. The molecule has 1 atom stereocenters. The molecule has 5 heteroatoms. The molecule has 0 rings (SSSR count). The number of alkyl halides is 2. The average Bonchev–Trinajstić information content (AvgIpc) is 1.36. The summed E-state index contributed by atoms with van der Waals surface area (Å²) < 4.78 is -1.14. The zero-order valence-corrected chi connectivity index (χ0v) is 4.94. The minimum Gasteiger partial charge on any atom is -0.262 e. The predicted molar refractivity (Wildman–Crippen MR) is 25.6 cm³/mol. The van der Waals surface area contributed by atoms with Crippen molar-refractivity contribution in [1.82, 2.24) is 0 Å². The first-order chi connectivity index (χ1) is 2.64. The van der Waals surface area contributed by atoms with E-state index in [2.05, 4.69) is 15.9 Å². The van der Waals surface area contributed by atoms with Crippen molar-refractivity contribution >= 4 is 27.5 Å². The molecule has 0 N–H and O–H groups in total. The standard InChI is InChI=1S/CHBrClNO2/c2-1(3)4(5)6/h1H/t1-/m1/s1. The Morgan fingerprint density at radius 1 is 2.00 bits per heavy atom. The average molecular weight is 174 g/mol. The molecule has 0 heterocycles. The topological polar surface area (TPSA) is 43.1 Å². The van der Waals surface area contributed by atoms with Gasteiger partial charge in [0.15, 0.2) is 0 Å². The molecule has 0 bridgehead atoms. The Morgan fingerprint density at radius 2 is 2.17 bits per heavy atom. The van der Waals surface area contributed by atoms with Gasteiger partial charge in [0.25, 0.3) is 0 Å². The van der Waals surface area contributed by atoms with Gasteiger partial charge in [0.2, 0.25) is 0 Å². The van der Waals surface area contributed by atoms with Crippen LogP contribution in [-0.4, -0.2) is 9.33 Å². The maximum absolute atomic E-state index is 9.33. The summed E-state index contributed by atoms with van der Waals surface area (Å²) in [6.07, 6.45) is 0. The molecule has 0 radical (unpaired) electrons. The second-order valence-corrected chi connectivity index (χ2v) is 2.37. The maximum Gasteiger partial charge on any atom is 0.339 e. The van der Waals surface area contributed by atoms with Crippen molar-refractivity contribution < 1.29 is 4.92 Å². The van der Waals surface area contributed by atoms with Crippen LogP contribution in [0.5, 0.6) is 0 Å². The molecule has 0 aromatic heterocycles. The van der Waals surface area contributed by atoms with Crippen molar-refractivity contribution in [2.75, 3.05) is 0 Å². The van der Waals surface area contributed by atoms with Crippen LogP contribution in [0.25, 0.3) is 0 Å². The van der Waals surface area contributed by atoms with Crippen molar-refractivity contribution in [2.45, 2.75) is 4.41 Å². The quantitative estimate of drug-likeness (QED) is 0.259. The van der Waals surface area contributed by atoms with E-state index in [0.29, 0.717) is 0 Å². The summed E-state index contributed by atoms with van der Waals surface area (Å²) in [6, 6.07) is 0. The third-order valence-corrected chi connectivity index (χ3v) is 0.653. The van der Waals surface area contributed by atoms with Crippen LogP contribution in [0.4, 0.5) is 0 Å². The van der Waals surface area contributed by atoms with Crippen LogP contribution in [-0.2, 0) is 0 Å². The van der Waals surface area contributed by atoms with E-state index in [1.165, 1.54) is 0 Å². The first kappa shape index (κ1) is 6.17. The van der Waals surface area contributed by atoms with Crippen molar-refractivity contribution in [3.8, 4) is 0 Å². The summed E-state index contributed by atoms with van der Waals surface area (Å²) in [4.78, 5) is 8.67. The van der Waals surface area contributed by atoms with E-state index >= 15 is 0 Å². The fourth-order valence-electron chi connectivity index (χ4n) is 0. The van der Waals surface area contributed by atoms with E-state index in [1.807, 2.05) is 0 Å². The lowest BCUT2D eigenvalue weighted by atomic mass is 11.5. The molecule has 36 valence electrons. The van der Waals surface area contributed by atoms with E-state index in [0.717, 1.165) is 0 Å². The van der Waals surface area contributed by atoms with Gasteiger partial charge < -0.3 is 0 Å². The third-order valence-electron chi connectivity index (χ3n) is 0.159. The summed E-state index contributed by atoms with van der Waals surface area (Å²) in [5.74, 6) is 0. The second-order valence-electron chi connectivity index (χ2n) is 0.563. The van der Waals surface area contributed by atoms with Gasteiger partial charge in [0, 0.05) is 15.9 Å². The third kappa shape index (κ3) is 2.41. The van der Waals surface area contributed by atoms with E-state index < -0.39 is 9.33 Å². The zero-order chi connectivity index (χ0) is 5.15. The van der Waals surface area contributed by atoms with Crippen LogP contribution in [0.1, 0.15) is 0 Å². The lowest BCUT2D eigenvalue weighted by molar-refractivity contribution is -0.470. The van der Waals surface area contributed by atoms with Gasteiger partial charge in [-0.15, -0.1) is 0 Å². The van der Waals surface area contributed by atoms with E-state index in [4.69, 9.17) is 11.6 Å². The van der Waals surface area contributed by atoms with Gasteiger partial charge in [-0.3, -0.25) is 10.1 Å². The van der Waals surface area contributed by atoms with E-state index in [-0.39, 0.29) is 0 Å². The number of halogens is 2. The van der Waals surface area contributed by atoms with Crippen molar-refractivity contribution in [3.63, 3.8) is 0 Å². The minimum absolute atomic E-state index is 0.651. The van der Waals surface area contributed by atoms with Crippen LogP contribution in [0.3, 0.4) is 0 Å². The van der Waals surface area contributed by atoms with Gasteiger partial charge in [0.05, 0.1) is 4.92 Å². The van der Waals surface area contributed by atoms with Gasteiger partial charge in [0.1, 0.15) is 0 Å². The highest BCUT2D eigenvalue weighted by molar-refractivity contribution is 9.10. The smallest absolute Gasteiger partial charge is 0.262 e. The Hall–Kier alpha value is 0.170. The molecule has 0 aliphatic carbocycles. The Bertz CT molecular complexity index is 64.6. The largest absolute Gasteiger partial charge is 0.339 e. The van der Waals surface area contributed by atoms with Gasteiger partial charge in [-0.2, -0.15) is 0 Å². The summed E-state index contributed by atoms with van der Waals surface area (Å²) in [5, 5.41) is 9.33. The normalized spacial score (nSPS) is 13.7. The lowest BCUT2D eigenvalue weighted by Crippen LogP contribution is -2.00. The first-order valence-electron chi connectivity index (χ1n) is 1.06. The van der Waals surface area contributed by atoms with Gasteiger partial charge in [-0.05, 0) is 11.6 Å². The molecule has 0 aromatic carbocycles. The molecular weight excluding hydrogens is 173 g/mol. The molecule has 0 aliphatic heterocycles. The molecule has 0 fully saturated rings. The van der Waals surface area contributed by atoms with Crippen LogP contribution in [0.15, 0.2) is 0 Å². The molecule has 0 aromatic rings. The maximum atomic E-state index is 9.33. The van der Waals surface area contributed by atoms with Crippen LogP contribution < -0.4 is 0 Å². The van der Waals surface area contributed by atoms with Gasteiger partial charge >= 0.3 is 4.41 Å². The monoisotopic (exact) mass is 173 g/mol. The van der Waals surface area contributed by atoms with E-state index in [9.17, 15) is 10.1 Å². The molecule has 0 amide bonds. The summed E-state index contributed by atoms with van der Waals surface area (Å²) in [7, 11) is 0. The summed E-state index contributed by atoms with van der Waals surface area (Å²) in [6.45, 7) is 0. The second kappa shape index (κ2) is 2.36. The molecular formula is CHBrClNO2.